The zero-order valence-electron chi connectivity index (χ0n) is 16.1. The lowest BCUT2D eigenvalue weighted by Gasteiger charge is -2.39. The number of anilines is 1. The van der Waals surface area contributed by atoms with Crippen LogP contribution < -0.4 is 4.90 Å². The summed E-state index contributed by atoms with van der Waals surface area (Å²) >= 11 is 0. The van der Waals surface area contributed by atoms with E-state index in [9.17, 15) is 14.7 Å². The Hall–Kier alpha value is -2.18. The first kappa shape index (κ1) is 18.2. The summed E-state index contributed by atoms with van der Waals surface area (Å²) in [5, 5.41) is 9.65. The standard InChI is InChI=1S/C20H28N4O3/c1-3-15-10-17(22-13(2)21-15)23-8-6-20(7-9-23)11-16(19(26)27)24(12-20)18(25)14-4-5-14/h10,14,16H,3-9,11-12H2,1-2H3,(H,26,27)/t16-/m1/s1. The van der Waals surface area contributed by atoms with Gasteiger partial charge in [-0.05, 0) is 50.9 Å². The number of rotatable bonds is 4. The van der Waals surface area contributed by atoms with Gasteiger partial charge in [0.05, 0.1) is 0 Å². The monoisotopic (exact) mass is 372 g/mol. The highest BCUT2D eigenvalue weighted by atomic mass is 16.4. The van der Waals surface area contributed by atoms with Crippen LogP contribution in [0.1, 0.15) is 50.5 Å². The van der Waals surface area contributed by atoms with Gasteiger partial charge < -0.3 is 14.9 Å². The molecular formula is C20H28N4O3. The second-order valence-electron chi connectivity index (χ2n) is 8.40. The van der Waals surface area contributed by atoms with Crippen LogP contribution in [0.3, 0.4) is 0 Å². The van der Waals surface area contributed by atoms with Crippen molar-refractivity contribution in [3.8, 4) is 0 Å². The molecule has 1 atom stereocenters. The fraction of sp³-hybridized carbons (Fsp3) is 0.700. The number of aromatic nitrogens is 2. The van der Waals surface area contributed by atoms with Gasteiger partial charge in [-0.1, -0.05) is 6.92 Å². The molecule has 0 bridgehead atoms. The van der Waals surface area contributed by atoms with E-state index in [1.807, 2.05) is 6.92 Å². The number of carboxylic acids is 1. The first-order valence-electron chi connectivity index (χ1n) is 10.0. The Morgan fingerprint density at radius 2 is 1.96 bits per heavy atom. The van der Waals surface area contributed by atoms with E-state index < -0.39 is 12.0 Å². The number of carbonyl (C=O) groups is 2. The number of hydrogen-bond acceptors (Lipinski definition) is 5. The maximum Gasteiger partial charge on any atom is 0.326 e. The van der Waals surface area contributed by atoms with E-state index in [1.54, 1.807) is 4.90 Å². The Balaban J connectivity index is 1.47. The number of aliphatic carboxylic acids is 1. The van der Waals surface area contributed by atoms with Crippen molar-refractivity contribution in [2.75, 3.05) is 24.5 Å². The van der Waals surface area contributed by atoms with Crippen LogP contribution in [0.2, 0.25) is 0 Å². The van der Waals surface area contributed by atoms with Gasteiger partial charge >= 0.3 is 5.97 Å². The van der Waals surface area contributed by atoms with Gasteiger partial charge in [0.15, 0.2) is 0 Å². The second-order valence-corrected chi connectivity index (χ2v) is 8.40. The molecule has 0 aromatic carbocycles. The van der Waals surface area contributed by atoms with Gasteiger partial charge in [0.2, 0.25) is 5.91 Å². The summed E-state index contributed by atoms with van der Waals surface area (Å²) in [7, 11) is 0. The Morgan fingerprint density at radius 1 is 1.26 bits per heavy atom. The number of aryl methyl sites for hydroxylation is 2. The first-order valence-corrected chi connectivity index (χ1v) is 10.0. The summed E-state index contributed by atoms with van der Waals surface area (Å²) in [4.78, 5) is 37.3. The van der Waals surface area contributed by atoms with Gasteiger partial charge in [-0.2, -0.15) is 0 Å². The average Bonchev–Trinajstić information content (AvgIpc) is 3.43. The van der Waals surface area contributed by atoms with Crippen molar-refractivity contribution in [3.05, 3.63) is 17.6 Å². The van der Waals surface area contributed by atoms with Gasteiger partial charge in [-0.3, -0.25) is 4.79 Å². The van der Waals surface area contributed by atoms with E-state index >= 15 is 0 Å². The molecule has 1 saturated carbocycles. The average molecular weight is 372 g/mol. The molecule has 1 aromatic rings. The van der Waals surface area contributed by atoms with Crippen LogP contribution in [0.15, 0.2) is 6.07 Å². The molecule has 1 aliphatic carbocycles. The molecule has 7 nitrogen and oxygen atoms in total. The first-order chi connectivity index (χ1) is 12.9. The molecule has 1 aromatic heterocycles. The molecule has 1 N–H and O–H groups in total. The van der Waals surface area contributed by atoms with Crippen LogP contribution in [-0.4, -0.2) is 57.5 Å². The number of hydrogen-bond donors (Lipinski definition) is 1. The second kappa shape index (κ2) is 6.77. The zero-order chi connectivity index (χ0) is 19.2. The summed E-state index contributed by atoms with van der Waals surface area (Å²) in [6.45, 7) is 6.29. The van der Waals surface area contributed by atoms with Crippen LogP contribution >= 0.6 is 0 Å². The lowest BCUT2D eigenvalue weighted by atomic mass is 9.76. The van der Waals surface area contributed by atoms with Crippen molar-refractivity contribution >= 4 is 17.7 Å². The molecule has 1 amide bonds. The Morgan fingerprint density at radius 3 is 2.56 bits per heavy atom. The van der Waals surface area contributed by atoms with Gasteiger partial charge in [-0.15, -0.1) is 0 Å². The molecule has 0 unspecified atom stereocenters. The number of amides is 1. The molecule has 146 valence electrons. The smallest absolute Gasteiger partial charge is 0.326 e. The maximum absolute atomic E-state index is 12.6. The number of nitrogens with zero attached hydrogens (tertiary/aromatic N) is 4. The molecule has 2 saturated heterocycles. The van der Waals surface area contributed by atoms with E-state index in [1.165, 1.54) is 0 Å². The fourth-order valence-electron chi connectivity index (χ4n) is 4.60. The zero-order valence-corrected chi connectivity index (χ0v) is 16.1. The summed E-state index contributed by atoms with van der Waals surface area (Å²) < 4.78 is 0. The van der Waals surface area contributed by atoms with Gasteiger partial charge in [0.25, 0.3) is 0 Å². The van der Waals surface area contributed by atoms with Crippen LogP contribution in [0, 0.1) is 18.3 Å². The van der Waals surface area contributed by atoms with Gasteiger partial charge in [0, 0.05) is 37.3 Å². The summed E-state index contributed by atoms with van der Waals surface area (Å²) in [5.74, 6) is 1.02. The highest BCUT2D eigenvalue weighted by Gasteiger charge is 2.51. The van der Waals surface area contributed by atoms with E-state index in [2.05, 4.69) is 27.9 Å². The number of piperidine rings is 1. The van der Waals surface area contributed by atoms with E-state index in [0.717, 1.165) is 62.5 Å². The minimum atomic E-state index is -0.859. The third-order valence-corrected chi connectivity index (χ3v) is 6.39. The molecule has 4 rings (SSSR count). The summed E-state index contributed by atoms with van der Waals surface area (Å²) in [6.07, 6.45) is 5.08. The van der Waals surface area contributed by atoms with Crippen LogP contribution in [0.5, 0.6) is 0 Å². The van der Waals surface area contributed by atoms with Crippen molar-refractivity contribution in [2.24, 2.45) is 11.3 Å². The van der Waals surface area contributed by atoms with Crippen molar-refractivity contribution < 1.29 is 14.7 Å². The van der Waals surface area contributed by atoms with Crippen LogP contribution in [-0.2, 0) is 16.0 Å². The Bertz CT molecular complexity index is 754. The van der Waals surface area contributed by atoms with Gasteiger partial charge in [-0.25, -0.2) is 14.8 Å². The summed E-state index contributed by atoms with van der Waals surface area (Å²) in [6, 6.07) is 1.40. The van der Waals surface area contributed by atoms with Crippen molar-refractivity contribution in [2.45, 2.75) is 58.4 Å². The number of carbonyl (C=O) groups excluding carboxylic acids is 1. The highest BCUT2D eigenvalue weighted by Crippen LogP contribution is 2.46. The number of carboxylic acid groups (broad SMARTS) is 1. The highest BCUT2D eigenvalue weighted by molar-refractivity contribution is 5.87. The quantitative estimate of drug-likeness (QED) is 0.870. The molecule has 3 aliphatic rings. The Kier molecular flexibility index (Phi) is 4.56. The third kappa shape index (κ3) is 3.51. The number of likely N-dealkylation sites (tertiary alicyclic amines) is 1. The topological polar surface area (TPSA) is 86.6 Å². The molecule has 2 aliphatic heterocycles. The van der Waals surface area contributed by atoms with Gasteiger partial charge in [0.1, 0.15) is 17.7 Å². The largest absolute Gasteiger partial charge is 0.480 e. The lowest BCUT2D eigenvalue weighted by Crippen LogP contribution is -2.43. The summed E-state index contributed by atoms with van der Waals surface area (Å²) in [5.41, 5.74) is 0.977. The van der Waals surface area contributed by atoms with Crippen molar-refractivity contribution in [1.82, 2.24) is 14.9 Å². The molecular weight excluding hydrogens is 344 g/mol. The predicted molar refractivity (Wildman–Crippen MR) is 101 cm³/mol. The normalized spacial score (nSPS) is 24.4. The van der Waals surface area contributed by atoms with E-state index in [0.29, 0.717) is 13.0 Å². The third-order valence-electron chi connectivity index (χ3n) is 6.39. The molecule has 3 fully saturated rings. The van der Waals surface area contributed by atoms with E-state index in [4.69, 9.17) is 0 Å². The molecule has 27 heavy (non-hydrogen) atoms. The molecule has 7 heteroatoms. The lowest BCUT2D eigenvalue weighted by molar-refractivity contribution is -0.148. The van der Waals surface area contributed by atoms with Crippen LogP contribution in [0.25, 0.3) is 0 Å². The van der Waals surface area contributed by atoms with Crippen LogP contribution in [0.4, 0.5) is 5.82 Å². The predicted octanol–water partition coefficient (Wildman–Crippen LogP) is 2.03. The molecule has 3 heterocycles. The minimum Gasteiger partial charge on any atom is -0.480 e. The van der Waals surface area contributed by atoms with E-state index in [-0.39, 0.29) is 17.2 Å². The maximum atomic E-state index is 12.6. The Labute approximate surface area is 159 Å². The minimum absolute atomic E-state index is 0.0562. The molecule has 0 radical (unpaired) electrons. The van der Waals surface area contributed by atoms with Crippen molar-refractivity contribution in [1.29, 1.82) is 0 Å². The molecule has 1 spiro atoms. The fourth-order valence-corrected chi connectivity index (χ4v) is 4.60. The SMILES string of the molecule is CCc1cc(N2CCC3(CC2)C[C@H](C(=O)O)N(C(=O)C2CC2)C3)nc(C)n1. The van der Waals surface area contributed by atoms with Crippen molar-refractivity contribution in [3.63, 3.8) is 0 Å².